The number of aliphatic hydroxyl groups excluding tert-OH is 1. The van der Waals surface area contributed by atoms with Crippen LogP contribution in [-0.4, -0.2) is 42.7 Å². The van der Waals surface area contributed by atoms with Crippen LogP contribution in [0.1, 0.15) is 23.7 Å². The van der Waals surface area contributed by atoms with E-state index < -0.39 is 35.0 Å². The molecule has 0 spiro atoms. The van der Waals surface area contributed by atoms with Gasteiger partial charge in [0.05, 0.1) is 31.2 Å². The molecule has 7 heteroatoms. The number of aliphatic hydroxyl groups is 1. The number of hydrogen-bond donors (Lipinski definition) is 2. The number of carbonyl (C=O) groups excluding carboxylic acids is 2. The number of halogens is 2. The number of nitrogens with one attached hydrogen (secondary N) is 1. The molecule has 2 N–H and O–H groups in total. The number of Topliss-reactive ketones (excluding diaryl/α,β-unsaturated/α-hetero) is 1. The Morgan fingerprint density at radius 2 is 2.10 bits per heavy atom. The zero-order valence-electron chi connectivity index (χ0n) is 11.6. The topological polar surface area (TPSA) is 75.6 Å². The third-order valence-electron chi connectivity index (χ3n) is 2.69. The van der Waals surface area contributed by atoms with Crippen molar-refractivity contribution < 1.29 is 28.2 Å². The highest BCUT2D eigenvalue weighted by Gasteiger charge is 2.25. The van der Waals surface area contributed by atoms with Gasteiger partial charge >= 0.3 is 5.97 Å². The second-order valence-electron chi connectivity index (χ2n) is 4.23. The fourth-order valence-electron chi connectivity index (χ4n) is 1.76. The maximum atomic E-state index is 13.6. The van der Waals surface area contributed by atoms with Crippen molar-refractivity contribution in [2.75, 3.05) is 19.8 Å². The van der Waals surface area contributed by atoms with Gasteiger partial charge in [0, 0.05) is 6.54 Å². The number of ketones is 1. The Kier molecular flexibility index (Phi) is 6.90. The fraction of sp³-hybridized carbons (Fsp3) is 0.429. The van der Waals surface area contributed by atoms with Gasteiger partial charge in [-0.15, -0.1) is 0 Å². The monoisotopic (exact) mass is 301 g/mol. The molecule has 0 amide bonds. The standard InChI is InChI=1S/C14H17F2NO4/c1-2-21-13(19)8-12(17-5-6-18)14(20)10-7-9(15)3-4-11(10)16/h3-4,7,12,17-18H,2,5-6,8H2,1H3. The van der Waals surface area contributed by atoms with Crippen LogP contribution in [0.4, 0.5) is 8.78 Å². The van der Waals surface area contributed by atoms with Crippen molar-refractivity contribution in [3.05, 3.63) is 35.4 Å². The highest BCUT2D eigenvalue weighted by Crippen LogP contribution is 2.14. The molecule has 0 saturated carbocycles. The highest BCUT2D eigenvalue weighted by molar-refractivity contribution is 6.02. The van der Waals surface area contributed by atoms with Crippen molar-refractivity contribution in [1.29, 1.82) is 0 Å². The molecule has 0 aromatic heterocycles. The van der Waals surface area contributed by atoms with Gasteiger partial charge in [-0.05, 0) is 25.1 Å². The minimum absolute atomic E-state index is 0.0345. The second kappa shape index (κ2) is 8.43. The summed E-state index contributed by atoms with van der Waals surface area (Å²) < 4.78 is 31.5. The first-order chi connectivity index (χ1) is 9.99. The Labute approximate surface area is 120 Å². The number of esters is 1. The predicted octanol–water partition coefficient (Wildman–Crippen LogP) is 1.05. The van der Waals surface area contributed by atoms with Gasteiger partial charge in [-0.25, -0.2) is 8.78 Å². The van der Waals surface area contributed by atoms with E-state index in [-0.39, 0.29) is 26.2 Å². The lowest BCUT2D eigenvalue weighted by atomic mass is 10.0. The lowest BCUT2D eigenvalue weighted by Gasteiger charge is -2.16. The van der Waals surface area contributed by atoms with E-state index in [1.165, 1.54) is 0 Å². The molecule has 1 aromatic rings. The first-order valence-corrected chi connectivity index (χ1v) is 6.48. The molecular weight excluding hydrogens is 284 g/mol. The zero-order valence-corrected chi connectivity index (χ0v) is 11.6. The van der Waals surface area contributed by atoms with Crippen LogP contribution >= 0.6 is 0 Å². The van der Waals surface area contributed by atoms with Crippen LogP contribution in [-0.2, 0) is 9.53 Å². The molecule has 21 heavy (non-hydrogen) atoms. The summed E-state index contributed by atoms with van der Waals surface area (Å²) in [6.45, 7) is 1.53. The van der Waals surface area contributed by atoms with Crippen LogP contribution in [0.25, 0.3) is 0 Å². The molecular formula is C14H17F2NO4. The van der Waals surface area contributed by atoms with Crippen molar-refractivity contribution >= 4 is 11.8 Å². The normalized spacial score (nSPS) is 12.0. The van der Waals surface area contributed by atoms with E-state index in [0.717, 1.165) is 18.2 Å². The summed E-state index contributed by atoms with van der Waals surface area (Å²) in [5, 5.41) is 11.4. The van der Waals surface area contributed by atoms with Gasteiger partial charge in [-0.2, -0.15) is 0 Å². The summed E-state index contributed by atoms with van der Waals surface area (Å²) in [5.41, 5.74) is -0.449. The summed E-state index contributed by atoms with van der Waals surface area (Å²) in [6.07, 6.45) is -0.331. The van der Waals surface area contributed by atoms with Crippen molar-refractivity contribution in [3.63, 3.8) is 0 Å². The number of carbonyl (C=O) groups is 2. The maximum Gasteiger partial charge on any atom is 0.307 e. The van der Waals surface area contributed by atoms with E-state index in [1.54, 1.807) is 6.92 Å². The van der Waals surface area contributed by atoms with Gasteiger partial charge in [-0.1, -0.05) is 0 Å². The average Bonchev–Trinajstić information content (AvgIpc) is 2.45. The van der Waals surface area contributed by atoms with Gasteiger partial charge in [0.2, 0.25) is 0 Å². The van der Waals surface area contributed by atoms with E-state index in [1.807, 2.05) is 0 Å². The molecule has 1 rings (SSSR count). The number of hydrogen-bond acceptors (Lipinski definition) is 5. The van der Waals surface area contributed by atoms with Crippen LogP contribution in [0, 0.1) is 11.6 Å². The van der Waals surface area contributed by atoms with E-state index in [0.29, 0.717) is 0 Å². The Bertz CT molecular complexity index is 508. The molecule has 0 aliphatic heterocycles. The molecule has 1 atom stereocenters. The molecule has 0 heterocycles. The molecule has 0 bridgehead atoms. The Morgan fingerprint density at radius 3 is 2.71 bits per heavy atom. The molecule has 1 unspecified atom stereocenters. The first-order valence-electron chi connectivity index (χ1n) is 6.48. The summed E-state index contributed by atoms with van der Waals surface area (Å²) in [6, 6.07) is 1.42. The first kappa shape index (κ1) is 17.2. The summed E-state index contributed by atoms with van der Waals surface area (Å²) in [4.78, 5) is 23.7. The molecule has 0 radical (unpaired) electrons. The van der Waals surface area contributed by atoms with Crippen LogP contribution in [0.15, 0.2) is 18.2 Å². The highest BCUT2D eigenvalue weighted by atomic mass is 19.1. The molecule has 0 fully saturated rings. The van der Waals surface area contributed by atoms with Crippen molar-refractivity contribution in [2.24, 2.45) is 0 Å². The SMILES string of the molecule is CCOC(=O)CC(NCCO)C(=O)c1cc(F)ccc1F. The summed E-state index contributed by atoms with van der Waals surface area (Å²) in [5.74, 6) is -3.04. The lowest BCUT2D eigenvalue weighted by molar-refractivity contribution is -0.143. The third-order valence-corrected chi connectivity index (χ3v) is 2.69. The van der Waals surface area contributed by atoms with Gasteiger partial charge in [0.15, 0.2) is 5.78 Å². The van der Waals surface area contributed by atoms with Crippen molar-refractivity contribution in [3.8, 4) is 0 Å². The van der Waals surface area contributed by atoms with E-state index >= 15 is 0 Å². The largest absolute Gasteiger partial charge is 0.466 e. The maximum absolute atomic E-state index is 13.6. The van der Waals surface area contributed by atoms with Gasteiger partial charge in [-0.3, -0.25) is 9.59 Å². The molecule has 116 valence electrons. The quantitative estimate of drug-likeness (QED) is 0.554. The van der Waals surface area contributed by atoms with Crippen LogP contribution < -0.4 is 5.32 Å². The van der Waals surface area contributed by atoms with Crippen LogP contribution in [0.3, 0.4) is 0 Å². The third kappa shape index (κ3) is 5.20. The van der Waals surface area contributed by atoms with Crippen LogP contribution in [0.2, 0.25) is 0 Å². The van der Waals surface area contributed by atoms with Crippen LogP contribution in [0.5, 0.6) is 0 Å². The molecule has 0 aliphatic rings. The van der Waals surface area contributed by atoms with Gasteiger partial charge in [0.1, 0.15) is 11.6 Å². The van der Waals surface area contributed by atoms with E-state index in [4.69, 9.17) is 9.84 Å². The molecule has 1 aromatic carbocycles. The summed E-state index contributed by atoms with van der Waals surface area (Å²) >= 11 is 0. The van der Waals surface area contributed by atoms with E-state index in [9.17, 15) is 18.4 Å². The number of rotatable bonds is 8. The average molecular weight is 301 g/mol. The van der Waals surface area contributed by atoms with Crippen molar-refractivity contribution in [1.82, 2.24) is 5.32 Å². The molecule has 5 nitrogen and oxygen atoms in total. The molecule has 0 saturated heterocycles. The molecule has 0 aliphatic carbocycles. The minimum atomic E-state index is -1.09. The van der Waals surface area contributed by atoms with Gasteiger partial charge < -0.3 is 15.2 Å². The smallest absolute Gasteiger partial charge is 0.307 e. The Morgan fingerprint density at radius 1 is 1.38 bits per heavy atom. The van der Waals surface area contributed by atoms with Gasteiger partial charge in [0.25, 0.3) is 0 Å². The second-order valence-corrected chi connectivity index (χ2v) is 4.23. The fourth-order valence-corrected chi connectivity index (χ4v) is 1.76. The number of benzene rings is 1. The number of ether oxygens (including phenoxy) is 1. The lowest BCUT2D eigenvalue weighted by Crippen LogP contribution is -2.40. The van der Waals surface area contributed by atoms with Crippen molar-refractivity contribution in [2.45, 2.75) is 19.4 Å². The zero-order chi connectivity index (χ0) is 15.8. The van der Waals surface area contributed by atoms with E-state index in [2.05, 4.69) is 5.32 Å². The Hall–Kier alpha value is -1.86. The predicted molar refractivity (Wildman–Crippen MR) is 70.8 cm³/mol. The summed E-state index contributed by atoms with van der Waals surface area (Å²) in [7, 11) is 0. The Balaban J connectivity index is 2.92. The minimum Gasteiger partial charge on any atom is -0.466 e.